The Balaban J connectivity index is 1.43. The molecule has 2 aromatic rings. The van der Waals surface area contributed by atoms with Gasteiger partial charge in [-0.15, -0.1) is 0 Å². The van der Waals surface area contributed by atoms with Crippen LogP contribution in [0.4, 0.5) is 11.4 Å². The van der Waals surface area contributed by atoms with Gasteiger partial charge in [-0.3, -0.25) is 9.59 Å². The Kier molecular flexibility index (Phi) is 6.67. The monoisotopic (exact) mass is 489 g/mol. The molecule has 2 aliphatic rings. The van der Waals surface area contributed by atoms with E-state index in [4.69, 9.17) is 14.2 Å². The molecule has 2 aromatic carbocycles. The fraction of sp³-hybridized carbons (Fsp3) is 0.391. The molecule has 0 aromatic heterocycles. The average molecular weight is 490 g/mol. The van der Waals surface area contributed by atoms with Crippen molar-refractivity contribution in [3.63, 3.8) is 0 Å². The first kappa shape index (κ1) is 23.8. The first-order valence-electron chi connectivity index (χ1n) is 10.8. The molecule has 0 unspecified atom stereocenters. The second-order valence-corrected chi connectivity index (χ2v) is 10.1. The largest absolute Gasteiger partial charge is 0.497 e. The van der Waals surface area contributed by atoms with E-state index in [9.17, 15) is 18.0 Å². The molecular weight excluding hydrogens is 462 g/mol. The van der Waals surface area contributed by atoms with Gasteiger partial charge in [0.25, 0.3) is 5.91 Å². The molecule has 182 valence electrons. The zero-order valence-electron chi connectivity index (χ0n) is 19.2. The molecule has 2 N–H and O–H groups in total. The molecule has 2 aliphatic heterocycles. The molecule has 0 aliphatic carbocycles. The molecule has 11 heteroatoms. The summed E-state index contributed by atoms with van der Waals surface area (Å²) in [6, 6.07) is 8.16. The summed E-state index contributed by atoms with van der Waals surface area (Å²) in [4.78, 5) is 24.5. The van der Waals surface area contributed by atoms with E-state index < -0.39 is 10.0 Å². The fourth-order valence-electron chi connectivity index (χ4n) is 4.12. The van der Waals surface area contributed by atoms with Crippen molar-refractivity contribution in [1.82, 2.24) is 4.31 Å². The van der Waals surface area contributed by atoms with E-state index in [-0.39, 0.29) is 42.3 Å². The summed E-state index contributed by atoms with van der Waals surface area (Å²) >= 11 is 0. The van der Waals surface area contributed by atoms with Crippen LogP contribution in [0, 0.1) is 12.8 Å². The molecule has 2 heterocycles. The number of aryl methyl sites for hydroxylation is 1. The van der Waals surface area contributed by atoms with Gasteiger partial charge in [0.2, 0.25) is 15.9 Å². The maximum atomic E-state index is 13.3. The van der Waals surface area contributed by atoms with Crippen LogP contribution in [0.5, 0.6) is 17.2 Å². The van der Waals surface area contributed by atoms with Crippen molar-refractivity contribution in [3.05, 3.63) is 35.9 Å². The topological polar surface area (TPSA) is 123 Å². The lowest BCUT2D eigenvalue weighted by Crippen LogP contribution is -2.41. The zero-order chi connectivity index (χ0) is 24.5. The van der Waals surface area contributed by atoms with Crippen LogP contribution < -0.4 is 24.8 Å². The normalized spacial score (nSPS) is 16.7. The Morgan fingerprint density at radius 3 is 2.35 bits per heavy atom. The Hall–Kier alpha value is -3.31. The summed E-state index contributed by atoms with van der Waals surface area (Å²) in [6.07, 6.45) is 0.783. The molecule has 1 fully saturated rings. The molecule has 1 saturated heterocycles. The number of anilines is 2. The van der Waals surface area contributed by atoms with Gasteiger partial charge in [0, 0.05) is 49.0 Å². The third-order valence-corrected chi connectivity index (χ3v) is 8.01. The van der Waals surface area contributed by atoms with Crippen LogP contribution in [-0.4, -0.2) is 58.5 Å². The van der Waals surface area contributed by atoms with Crippen LogP contribution in [0.15, 0.2) is 35.2 Å². The number of benzene rings is 2. The number of fused-ring (bicyclic) bond motifs is 1. The number of nitrogens with zero attached hydrogens (tertiary/aromatic N) is 1. The lowest BCUT2D eigenvalue weighted by Gasteiger charge is -2.31. The highest BCUT2D eigenvalue weighted by atomic mass is 32.2. The summed E-state index contributed by atoms with van der Waals surface area (Å²) in [5.74, 6) is 0.648. The van der Waals surface area contributed by atoms with Gasteiger partial charge in [-0.2, -0.15) is 4.31 Å². The van der Waals surface area contributed by atoms with Crippen LogP contribution in [0.2, 0.25) is 0 Å². The molecule has 2 amide bonds. The predicted octanol–water partition coefficient (Wildman–Crippen LogP) is 2.38. The van der Waals surface area contributed by atoms with Gasteiger partial charge in [-0.1, -0.05) is 0 Å². The molecule has 4 rings (SSSR count). The first-order chi connectivity index (χ1) is 16.2. The van der Waals surface area contributed by atoms with Gasteiger partial charge in [-0.25, -0.2) is 8.42 Å². The van der Waals surface area contributed by atoms with Crippen molar-refractivity contribution in [2.75, 3.05) is 44.5 Å². The third-order valence-electron chi connectivity index (χ3n) is 5.97. The quantitative estimate of drug-likeness (QED) is 0.639. The van der Waals surface area contributed by atoms with E-state index in [0.29, 0.717) is 47.0 Å². The van der Waals surface area contributed by atoms with E-state index in [0.717, 1.165) is 0 Å². The number of ether oxygens (including phenoxy) is 3. The highest BCUT2D eigenvalue weighted by molar-refractivity contribution is 7.89. The number of hydrogen-bond donors (Lipinski definition) is 2. The molecule has 0 bridgehead atoms. The molecule has 0 atom stereocenters. The number of piperidine rings is 1. The number of carbonyl (C=O) groups excluding carboxylic acids is 2. The summed E-state index contributed by atoms with van der Waals surface area (Å²) in [6.45, 7) is 1.96. The first-order valence-corrected chi connectivity index (χ1v) is 12.3. The van der Waals surface area contributed by atoms with Gasteiger partial charge in [0.15, 0.2) is 6.61 Å². The van der Waals surface area contributed by atoms with Gasteiger partial charge in [0.1, 0.15) is 17.2 Å². The highest BCUT2D eigenvalue weighted by Crippen LogP contribution is 2.35. The minimum absolute atomic E-state index is 0.133. The minimum atomic E-state index is -3.79. The van der Waals surface area contributed by atoms with Gasteiger partial charge in [-0.05, 0) is 31.4 Å². The predicted molar refractivity (Wildman–Crippen MR) is 125 cm³/mol. The molecule has 0 saturated carbocycles. The second-order valence-electron chi connectivity index (χ2n) is 8.22. The number of carbonyl (C=O) groups is 2. The van der Waals surface area contributed by atoms with Gasteiger partial charge < -0.3 is 24.8 Å². The van der Waals surface area contributed by atoms with E-state index in [1.165, 1.54) is 24.6 Å². The number of methoxy groups -OCH3 is 2. The Bertz CT molecular complexity index is 1200. The van der Waals surface area contributed by atoms with Crippen LogP contribution in [0.3, 0.4) is 0 Å². The number of nitrogens with one attached hydrogen (secondary N) is 2. The minimum Gasteiger partial charge on any atom is -0.497 e. The maximum Gasteiger partial charge on any atom is 0.262 e. The lowest BCUT2D eigenvalue weighted by atomic mass is 9.97. The maximum absolute atomic E-state index is 13.3. The van der Waals surface area contributed by atoms with Crippen molar-refractivity contribution < 1.29 is 32.2 Å². The average Bonchev–Trinajstić information content (AvgIpc) is 2.83. The van der Waals surface area contributed by atoms with Gasteiger partial charge in [0.05, 0.1) is 24.8 Å². The van der Waals surface area contributed by atoms with Crippen molar-refractivity contribution in [2.24, 2.45) is 5.92 Å². The number of rotatable bonds is 6. The lowest BCUT2D eigenvalue weighted by molar-refractivity contribution is -0.121. The van der Waals surface area contributed by atoms with E-state index in [1.807, 2.05) is 0 Å². The third kappa shape index (κ3) is 4.80. The SMILES string of the molecule is COc1cc(NC(=O)C2CCN(S(=O)(=O)c3cc4c(cc3C)NC(=O)CO4)CC2)cc(OC)c1. The summed E-state index contributed by atoms with van der Waals surface area (Å²) in [7, 11) is -0.728. The van der Waals surface area contributed by atoms with Crippen LogP contribution in [-0.2, 0) is 19.6 Å². The van der Waals surface area contributed by atoms with Crippen molar-refractivity contribution in [3.8, 4) is 17.2 Å². The smallest absolute Gasteiger partial charge is 0.262 e. The highest BCUT2D eigenvalue weighted by Gasteiger charge is 2.34. The van der Waals surface area contributed by atoms with E-state index in [2.05, 4.69) is 10.6 Å². The number of hydrogen-bond acceptors (Lipinski definition) is 7. The van der Waals surface area contributed by atoms with Crippen molar-refractivity contribution in [2.45, 2.75) is 24.7 Å². The summed E-state index contributed by atoms with van der Waals surface area (Å²) < 4.78 is 43.9. The molecule has 10 nitrogen and oxygen atoms in total. The van der Waals surface area contributed by atoms with Crippen LogP contribution in [0.25, 0.3) is 0 Å². The van der Waals surface area contributed by atoms with Gasteiger partial charge >= 0.3 is 0 Å². The van der Waals surface area contributed by atoms with Crippen molar-refractivity contribution >= 4 is 33.2 Å². The van der Waals surface area contributed by atoms with Crippen molar-refractivity contribution in [1.29, 1.82) is 0 Å². The molecule has 34 heavy (non-hydrogen) atoms. The fourth-order valence-corrected chi connectivity index (χ4v) is 5.81. The zero-order valence-corrected chi connectivity index (χ0v) is 20.0. The Labute approximate surface area is 198 Å². The standard InChI is InChI=1S/C23H27N3O7S/c1-14-8-19-20(33-13-22(27)25-19)12-21(14)34(29,30)26-6-4-15(5-7-26)23(28)24-16-9-17(31-2)11-18(10-16)32-3/h8-12,15H,4-7,13H2,1-3H3,(H,24,28)(H,25,27). The number of amides is 2. The van der Waals surface area contributed by atoms with E-state index in [1.54, 1.807) is 31.2 Å². The molecule has 0 spiro atoms. The Morgan fingerprint density at radius 1 is 1.09 bits per heavy atom. The summed E-state index contributed by atoms with van der Waals surface area (Å²) in [5.41, 5.74) is 1.52. The molecular formula is C23H27N3O7S. The Morgan fingerprint density at radius 2 is 1.74 bits per heavy atom. The summed E-state index contributed by atoms with van der Waals surface area (Å²) in [5, 5.41) is 5.55. The molecule has 0 radical (unpaired) electrons. The van der Waals surface area contributed by atoms with Crippen LogP contribution in [0.1, 0.15) is 18.4 Å². The van der Waals surface area contributed by atoms with Crippen LogP contribution >= 0.6 is 0 Å². The van der Waals surface area contributed by atoms with E-state index >= 15 is 0 Å². The second kappa shape index (κ2) is 9.51. The number of sulfonamides is 1.